The number of aldehydes is 1. The van der Waals surface area contributed by atoms with Gasteiger partial charge in [0, 0.05) is 12.4 Å². The van der Waals surface area contributed by atoms with Crippen LogP contribution in [0, 0.1) is 6.92 Å². The van der Waals surface area contributed by atoms with Crippen molar-refractivity contribution in [3.05, 3.63) is 41.3 Å². The number of hydrogen-bond acceptors (Lipinski definition) is 4. The van der Waals surface area contributed by atoms with Crippen LogP contribution in [0.5, 0.6) is 0 Å². The van der Waals surface area contributed by atoms with Crippen molar-refractivity contribution in [2.75, 3.05) is 0 Å². The zero-order chi connectivity index (χ0) is 12.4. The van der Waals surface area contributed by atoms with Crippen LogP contribution in [0.25, 0.3) is 5.82 Å². The molecule has 2 rings (SSSR count). The van der Waals surface area contributed by atoms with Gasteiger partial charge >= 0.3 is 5.97 Å². The van der Waals surface area contributed by atoms with Gasteiger partial charge in [-0.25, -0.2) is 14.5 Å². The van der Waals surface area contributed by atoms with Gasteiger partial charge in [-0.1, -0.05) is 0 Å². The van der Waals surface area contributed by atoms with Gasteiger partial charge in [-0.15, -0.1) is 0 Å². The summed E-state index contributed by atoms with van der Waals surface area (Å²) in [6.45, 7) is 1.67. The predicted octanol–water partition coefficient (Wildman–Crippen LogP) is 1.09. The van der Waals surface area contributed by atoms with Gasteiger partial charge in [-0.05, 0) is 19.1 Å². The third-order valence-corrected chi connectivity index (χ3v) is 2.30. The molecule has 0 atom stereocenters. The zero-order valence-corrected chi connectivity index (χ0v) is 8.99. The van der Waals surface area contributed by atoms with Crippen LogP contribution in [0.3, 0.4) is 0 Å². The molecular formula is C11H9N3O3. The van der Waals surface area contributed by atoms with E-state index < -0.39 is 5.97 Å². The molecule has 6 nitrogen and oxygen atoms in total. The van der Waals surface area contributed by atoms with Crippen molar-refractivity contribution in [3.63, 3.8) is 0 Å². The van der Waals surface area contributed by atoms with Crippen molar-refractivity contribution in [3.8, 4) is 5.82 Å². The fraction of sp³-hybridized carbons (Fsp3) is 0.0909. The quantitative estimate of drug-likeness (QED) is 0.799. The summed E-state index contributed by atoms with van der Waals surface area (Å²) in [6.07, 6.45) is 3.60. The average Bonchev–Trinajstić information content (AvgIpc) is 2.70. The number of pyridine rings is 1. The van der Waals surface area contributed by atoms with Gasteiger partial charge in [0.15, 0.2) is 12.1 Å². The van der Waals surface area contributed by atoms with Gasteiger partial charge in [-0.2, -0.15) is 5.10 Å². The van der Waals surface area contributed by atoms with Crippen LogP contribution in [0.4, 0.5) is 0 Å². The van der Waals surface area contributed by atoms with E-state index in [0.29, 0.717) is 17.5 Å². The molecule has 2 aromatic heterocycles. The SMILES string of the molecule is Cc1nn(-c2ncccc2C(=O)O)cc1C=O. The Morgan fingerprint density at radius 2 is 2.29 bits per heavy atom. The first kappa shape index (κ1) is 11.0. The molecule has 0 saturated heterocycles. The largest absolute Gasteiger partial charge is 0.478 e. The minimum Gasteiger partial charge on any atom is -0.478 e. The second-order valence-corrected chi connectivity index (χ2v) is 3.41. The highest BCUT2D eigenvalue weighted by atomic mass is 16.4. The fourth-order valence-electron chi connectivity index (χ4n) is 1.44. The fourth-order valence-corrected chi connectivity index (χ4v) is 1.44. The maximum atomic E-state index is 11.0. The smallest absolute Gasteiger partial charge is 0.339 e. The summed E-state index contributed by atoms with van der Waals surface area (Å²) in [5.41, 5.74) is 0.974. The molecule has 1 N–H and O–H groups in total. The van der Waals surface area contributed by atoms with E-state index >= 15 is 0 Å². The molecule has 0 fully saturated rings. The molecule has 17 heavy (non-hydrogen) atoms. The van der Waals surface area contributed by atoms with E-state index in [1.54, 1.807) is 6.92 Å². The molecule has 86 valence electrons. The first-order chi connectivity index (χ1) is 8.13. The number of nitrogens with zero attached hydrogens (tertiary/aromatic N) is 3. The zero-order valence-electron chi connectivity index (χ0n) is 8.99. The predicted molar refractivity (Wildman–Crippen MR) is 58.4 cm³/mol. The number of carbonyl (C=O) groups excluding carboxylic acids is 1. The molecule has 0 spiro atoms. The molecule has 0 amide bonds. The number of carboxylic acid groups (broad SMARTS) is 1. The number of aryl methyl sites for hydroxylation is 1. The summed E-state index contributed by atoms with van der Waals surface area (Å²) >= 11 is 0. The van der Waals surface area contributed by atoms with Crippen LogP contribution in [0.1, 0.15) is 26.4 Å². The number of aromatic carboxylic acids is 1. The third-order valence-electron chi connectivity index (χ3n) is 2.30. The lowest BCUT2D eigenvalue weighted by atomic mass is 10.2. The molecule has 0 radical (unpaired) electrons. The number of carbonyl (C=O) groups is 2. The standard InChI is InChI=1S/C11H9N3O3/c1-7-8(6-15)5-14(13-7)10-9(11(16)17)3-2-4-12-10/h2-6H,1H3,(H,16,17). The van der Waals surface area contributed by atoms with Crippen LogP contribution < -0.4 is 0 Å². The lowest BCUT2D eigenvalue weighted by Gasteiger charge is -2.03. The van der Waals surface area contributed by atoms with Crippen molar-refractivity contribution >= 4 is 12.3 Å². The molecule has 2 aromatic rings. The van der Waals surface area contributed by atoms with E-state index in [2.05, 4.69) is 10.1 Å². The Morgan fingerprint density at radius 1 is 1.53 bits per heavy atom. The Labute approximate surface area is 96.5 Å². The minimum absolute atomic E-state index is 0.0347. The molecule has 0 unspecified atom stereocenters. The normalized spacial score (nSPS) is 10.2. The monoisotopic (exact) mass is 231 g/mol. The minimum atomic E-state index is -1.09. The molecule has 0 aromatic carbocycles. The third kappa shape index (κ3) is 1.92. The highest BCUT2D eigenvalue weighted by Crippen LogP contribution is 2.13. The number of hydrogen-bond donors (Lipinski definition) is 1. The van der Waals surface area contributed by atoms with Gasteiger partial charge < -0.3 is 5.11 Å². The van der Waals surface area contributed by atoms with Crippen molar-refractivity contribution in [2.45, 2.75) is 6.92 Å². The summed E-state index contributed by atoms with van der Waals surface area (Å²) in [5.74, 6) is -0.898. The summed E-state index contributed by atoms with van der Waals surface area (Å²) in [5, 5.41) is 13.1. The van der Waals surface area contributed by atoms with Gasteiger partial charge in [-0.3, -0.25) is 4.79 Å². The van der Waals surface area contributed by atoms with E-state index in [1.807, 2.05) is 0 Å². The topological polar surface area (TPSA) is 85.1 Å². The Morgan fingerprint density at radius 3 is 2.88 bits per heavy atom. The highest BCUT2D eigenvalue weighted by Gasteiger charge is 2.14. The molecule has 6 heteroatoms. The van der Waals surface area contributed by atoms with Crippen molar-refractivity contribution in [1.82, 2.24) is 14.8 Å². The highest BCUT2D eigenvalue weighted by molar-refractivity contribution is 5.91. The molecule has 0 saturated carbocycles. The van der Waals surface area contributed by atoms with E-state index in [0.717, 1.165) is 0 Å². The molecular weight excluding hydrogens is 222 g/mol. The Kier molecular flexibility index (Phi) is 2.70. The first-order valence-corrected chi connectivity index (χ1v) is 4.83. The van der Waals surface area contributed by atoms with E-state index in [1.165, 1.54) is 29.2 Å². The summed E-state index contributed by atoms with van der Waals surface area (Å²) in [6, 6.07) is 2.96. The second-order valence-electron chi connectivity index (χ2n) is 3.41. The summed E-state index contributed by atoms with van der Waals surface area (Å²) in [7, 11) is 0. The molecule has 2 heterocycles. The lowest BCUT2D eigenvalue weighted by molar-refractivity contribution is 0.0696. The van der Waals surface area contributed by atoms with Crippen molar-refractivity contribution in [1.29, 1.82) is 0 Å². The van der Waals surface area contributed by atoms with Crippen LogP contribution in [-0.2, 0) is 0 Å². The van der Waals surface area contributed by atoms with Gasteiger partial charge in [0.1, 0.15) is 5.56 Å². The van der Waals surface area contributed by atoms with Crippen LogP contribution >= 0.6 is 0 Å². The van der Waals surface area contributed by atoms with Gasteiger partial charge in [0.05, 0.1) is 11.3 Å². The van der Waals surface area contributed by atoms with Crippen LogP contribution in [0.15, 0.2) is 24.5 Å². The number of carboxylic acids is 1. The molecule has 0 bridgehead atoms. The number of rotatable bonds is 3. The van der Waals surface area contributed by atoms with Gasteiger partial charge in [0.2, 0.25) is 0 Å². The van der Waals surface area contributed by atoms with Crippen LogP contribution in [-0.4, -0.2) is 32.1 Å². The maximum Gasteiger partial charge on any atom is 0.339 e. The Hall–Kier alpha value is -2.50. The van der Waals surface area contributed by atoms with Crippen molar-refractivity contribution < 1.29 is 14.7 Å². The Balaban J connectivity index is 2.59. The van der Waals surface area contributed by atoms with Gasteiger partial charge in [0.25, 0.3) is 0 Å². The molecule has 0 aliphatic heterocycles. The lowest BCUT2D eigenvalue weighted by Crippen LogP contribution is -2.07. The van der Waals surface area contributed by atoms with E-state index in [-0.39, 0.29) is 11.4 Å². The second kappa shape index (κ2) is 4.17. The molecule has 0 aliphatic rings. The summed E-state index contributed by atoms with van der Waals surface area (Å²) in [4.78, 5) is 25.7. The number of aromatic nitrogens is 3. The Bertz CT molecular complexity index is 589. The van der Waals surface area contributed by atoms with Crippen molar-refractivity contribution in [2.24, 2.45) is 0 Å². The average molecular weight is 231 g/mol. The summed E-state index contributed by atoms with van der Waals surface area (Å²) < 4.78 is 1.29. The van der Waals surface area contributed by atoms with Crippen LogP contribution in [0.2, 0.25) is 0 Å². The van der Waals surface area contributed by atoms with E-state index in [9.17, 15) is 9.59 Å². The maximum absolute atomic E-state index is 11.0. The van der Waals surface area contributed by atoms with E-state index in [4.69, 9.17) is 5.11 Å². The first-order valence-electron chi connectivity index (χ1n) is 4.83. The molecule has 0 aliphatic carbocycles.